The number of amides is 1. The number of halogens is 1. The van der Waals surface area contributed by atoms with Crippen LogP contribution in [0.1, 0.15) is 5.56 Å². The Morgan fingerprint density at radius 2 is 1.75 bits per heavy atom. The lowest BCUT2D eigenvalue weighted by Crippen LogP contribution is -2.50. The zero-order valence-electron chi connectivity index (χ0n) is 17.2. The molecule has 3 rings (SSSR count). The van der Waals surface area contributed by atoms with Crippen molar-refractivity contribution < 1.29 is 18.1 Å². The molecule has 0 saturated carbocycles. The fourth-order valence-corrected chi connectivity index (χ4v) is 4.88. The van der Waals surface area contributed by atoms with Gasteiger partial charge in [-0.05, 0) is 35.9 Å². The number of non-ortho nitro benzene ring substituents is 1. The first-order valence-corrected chi connectivity index (χ1v) is 11.9. The smallest absolute Gasteiger partial charge is 0.269 e. The SMILES string of the molecule is O=C(/C=C\c1ccc([N+](=O)[O-])cc1)NCCS(=O)(=O)N1CCN(c2ccccc2Cl)CC1. The Hall–Kier alpha value is -2.95. The summed E-state index contributed by atoms with van der Waals surface area (Å²) in [6.45, 7) is 1.75. The van der Waals surface area contributed by atoms with Crippen molar-refractivity contribution in [1.82, 2.24) is 9.62 Å². The van der Waals surface area contributed by atoms with Gasteiger partial charge in [-0.25, -0.2) is 8.42 Å². The van der Waals surface area contributed by atoms with Crippen LogP contribution in [0.25, 0.3) is 6.08 Å². The third kappa shape index (κ3) is 6.28. The Morgan fingerprint density at radius 3 is 2.38 bits per heavy atom. The molecule has 9 nitrogen and oxygen atoms in total. The second-order valence-electron chi connectivity index (χ2n) is 7.13. The highest BCUT2D eigenvalue weighted by Gasteiger charge is 2.27. The Balaban J connectivity index is 1.44. The van der Waals surface area contributed by atoms with Crippen LogP contribution >= 0.6 is 11.6 Å². The minimum absolute atomic E-state index is 0.0174. The maximum Gasteiger partial charge on any atom is 0.269 e. The first kappa shape index (κ1) is 23.7. The van der Waals surface area contributed by atoms with Gasteiger partial charge in [0.1, 0.15) is 0 Å². The highest BCUT2D eigenvalue weighted by atomic mass is 35.5. The normalized spacial score (nSPS) is 15.1. The number of piperazine rings is 1. The maximum absolute atomic E-state index is 12.6. The van der Waals surface area contributed by atoms with Crippen molar-refractivity contribution in [2.24, 2.45) is 0 Å². The zero-order chi connectivity index (χ0) is 23.1. The van der Waals surface area contributed by atoms with E-state index in [0.29, 0.717) is 36.8 Å². The van der Waals surface area contributed by atoms with Crippen LogP contribution in [0.2, 0.25) is 5.02 Å². The molecule has 1 aliphatic heterocycles. The van der Waals surface area contributed by atoms with Crippen molar-refractivity contribution in [3.05, 3.63) is 75.3 Å². The van der Waals surface area contributed by atoms with Crippen LogP contribution in [-0.4, -0.2) is 62.0 Å². The molecule has 2 aromatic rings. The summed E-state index contributed by atoms with van der Waals surface area (Å²) in [6, 6.07) is 13.2. The Labute approximate surface area is 191 Å². The largest absolute Gasteiger partial charge is 0.368 e. The summed E-state index contributed by atoms with van der Waals surface area (Å²) in [7, 11) is -3.50. The highest BCUT2D eigenvalue weighted by Crippen LogP contribution is 2.26. The van der Waals surface area contributed by atoms with Gasteiger partial charge < -0.3 is 10.2 Å². The first-order valence-electron chi connectivity index (χ1n) is 9.94. The molecule has 0 bridgehead atoms. The van der Waals surface area contributed by atoms with Crippen LogP contribution in [0, 0.1) is 10.1 Å². The molecule has 11 heteroatoms. The van der Waals surface area contributed by atoms with Gasteiger partial charge in [0, 0.05) is 50.9 Å². The molecule has 2 aromatic carbocycles. The number of benzene rings is 2. The van der Waals surface area contributed by atoms with Crippen LogP contribution in [0.5, 0.6) is 0 Å². The van der Waals surface area contributed by atoms with Gasteiger partial charge in [-0.1, -0.05) is 23.7 Å². The van der Waals surface area contributed by atoms with Gasteiger partial charge in [-0.15, -0.1) is 0 Å². The number of nitrogens with one attached hydrogen (secondary N) is 1. The molecule has 0 aromatic heterocycles. The molecule has 32 heavy (non-hydrogen) atoms. The van der Waals surface area contributed by atoms with E-state index in [9.17, 15) is 23.3 Å². The molecule has 0 spiro atoms. The van der Waals surface area contributed by atoms with E-state index in [-0.39, 0.29) is 18.0 Å². The molecule has 1 N–H and O–H groups in total. The summed E-state index contributed by atoms with van der Waals surface area (Å²) in [5.41, 5.74) is 1.47. The van der Waals surface area contributed by atoms with Crippen LogP contribution in [-0.2, 0) is 14.8 Å². The number of carbonyl (C=O) groups is 1. The lowest BCUT2D eigenvalue weighted by atomic mass is 10.2. The van der Waals surface area contributed by atoms with E-state index in [2.05, 4.69) is 10.2 Å². The molecule has 170 valence electrons. The quantitative estimate of drug-likeness (QED) is 0.354. The van der Waals surface area contributed by atoms with Crippen LogP contribution in [0.4, 0.5) is 11.4 Å². The van der Waals surface area contributed by atoms with Gasteiger partial charge in [-0.2, -0.15) is 4.31 Å². The topological polar surface area (TPSA) is 113 Å². The molecule has 0 atom stereocenters. The van der Waals surface area contributed by atoms with E-state index in [4.69, 9.17) is 11.6 Å². The molecule has 1 saturated heterocycles. The van der Waals surface area contributed by atoms with E-state index >= 15 is 0 Å². The number of anilines is 1. The third-order valence-electron chi connectivity index (χ3n) is 5.02. The van der Waals surface area contributed by atoms with Gasteiger partial charge >= 0.3 is 0 Å². The van der Waals surface area contributed by atoms with E-state index in [1.165, 1.54) is 40.7 Å². The Bertz CT molecular complexity index is 1100. The minimum Gasteiger partial charge on any atom is -0.368 e. The number of nitrogens with zero attached hydrogens (tertiary/aromatic N) is 3. The fraction of sp³-hybridized carbons (Fsp3) is 0.286. The van der Waals surface area contributed by atoms with Gasteiger partial charge in [-0.3, -0.25) is 14.9 Å². The number of sulfonamides is 1. The second kappa shape index (κ2) is 10.6. The Kier molecular flexibility index (Phi) is 7.84. The first-order chi connectivity index (χ1) is 15.3. The number of nitro benzene ring substituents is 1. The van der Waals surface area contributed by atoms with Crippen LogP contribution in [0.3, 0.4) is 0 Å². The number of carbonyl (C=O) groups excluding carboxylic acids is 1. The lowest BCUT2D eigenvalue weighted by Gasteiger charge is -2.35. The summed E-state index contributed by atoms with van der Waals surface area (Å²) in [5, 5.41) is 13.8. The fourth-order valence-electron chi connectivity index (χ4n) is 3.29. The molecule has 0 aliphatic carbocycles. The molecular formula is C21H23ClN4O5S. The van der Waals surface area contributed by atoms with E-state index < -0.39 is 20.9 Å². The summed E-state index contributed by atoms with van der Waals surface area (Å²) in [5.74, 6) is -0.641. The second-order valence-corrected chi connectivity index (χ2v) is 9.62. The average molecular weight is 479 g/mol. The van der Waals surface area contributed by atoms with Gasteiger partial charge in [0.05, 0.1) is 21.4 Å². The highest BCUT2D eigenvalue weighted by molar-refractivity contribution is 7.89. The number of rotatable bonds is 8. The van der Waals surface area contributed by atoms with Crippen LogP contribution in [0.15, 0.2) is 54.6 Å². The number of hydrogen-bond acceptors (Lipinski definition) is 6. The van der Waals surface area contributed by atoms with Crippen molar-refractivity contribution in [2.75, 3.05) is 43.4 Å². The molecule has 1 heterocycles. The molecule has 0 unspecified atom stereocenters. The molecule has 1 fully saturated rings. The standard InChI is InChI=1S/C21H23ClN4O5S/c22-19-3-1-2-4-20(19)24-12-14-25(15-13-24)32(30,31)16-11-23-21(27)10-7-17-5-8-18(9-6-17)26(28)29/h1-10H,11-16H2,(H,23,27)/b10-7-. The van der Waals surface area contributed by atoms with E-state index in [0.717, 1.165) is 5.69 Å². The monoisotopic (exact) mass is 478 g/mol. The Morgan fingerprint density at radius 1 is 1.09 bits per heavy atom. The molecule has 0 radical (unpaired) electrons. The predicted molar refractivity (Wildman–Crippen MR) is 124 cm³/mol. The summed E-state index contributed by atoms with van der Waals surface area (Å²) in [6.07, 6.45) is 2.76. The van der Waals surface area contributed by atoms with Crippen molar-refractivity contribution in [2.45, 2.75) is 0 Å². The predicted octanol–water partition coefficient (Wildman–Crippen LogP) is 2.53. The van der Waals surface area contributed by atoms with Gasteiger partial charge in [0.15, 0.2) is 0 Å². The zero-order valence-corrected chi connectivity index (χ0v) is 18.8. The van der Waals surface area contributed by atoms with E-state index in [1.54, 1.807) is 6.07 Å². The van der Waals surface area contributed by atoms with Crippen molar-refractivity contribution in [3.63, 3.8) is 0 Å². The summed E-state index contributed by atoms with van der Waals surface area (Å²) in [4.78, 5) is 24.2. The third-order valence-corrected chi connectivity index (χ3v) is 7.21. The maximum atomic E-state index is 12.6. The van der Waals surface area contributed by atoms with Crippen molar-refractivity contribution in [3.8, 4) is 0 Å². The summed E-state index contributed by atoms with van der Waals surface area (Å²) >= 11 is 6.22. The van der Waals surface area contributed by atoms with E-state index in [1.807, 2.05) is 18.2 Å². The van der Waals surface area contributed by atoms with Crippen molar-refractivity contribution >= 4 is 45.0 Å². The van der Waals surface area contributed by atoms with Crippen molar-refractivity contribution in [1.29, 1.82) is 0 Å². The summed E-state index contributed by atoms with van der Waals surface area (Å²) < 4.78 is 26.6. The lowest BCUT2D eigenvalue weighted by molar-refractivity contribution is -0.384. The average Bonchev–Trinajstić information content (AvgIpc) is 2.78. The number of nitro groups is 1. The molecular weight excluding hydrogens is 456 g/mol. The molecule has 1 aliphatic rings. The molecule has 1 amide bonds. The number of para-hydroxylation sites is 1. The van der Waals surface area contributed by atoms with Crippen LogP contribution < -0.4 is 10.2 Å². The minimum atomic E-state index is -3.50. The number of hydrogen-bond donors (Lipinski definition) is 1. The van der Waals surface area contributed by atoms with Gasteiger partial charge in [0.25, 0.3) is 5.69 Å². The van der Waals surface area contributed by atoms with Gasteiger partial charge in [0.2, 0.25) is 15.9 Å².